The predicted molar refractivity (Wildman–Crippen MR) is 115 cm³/mol. The molecule has 0 N–H and O–H groups in total. The number of Topliss-reactive ketones (excluding diaryl/α,β-unsaturated/α-hetero) is 1. The second-order valence-electron chi connectivity index (χ2n) is 8.15. The number of aromatic nitrogens is 3. The summed E-state index contributed by atoms with van der Waals surface area (Å²) in [5.74, 6) is -3.45. The molecule has 0 amide bonds. The van der Waals surface area contributed by atoms with Gasteiger partial charge in [0.1, 0.15) is 0 Å². The maximum absolute atomic E-state index is 14.3. The summed E-state index contributed by atoms with van der Waals surface area (Å²) in [7, 11) is 0. The van der Waals surface area contributed by atoms with E-state index in [1.807, 2.05) is 35.2 Å². The van der Waals surface area contributed by atoms with Gasteiger partial charge in [-0.2, -0.15) is 8.78 Å². The van der Waals surface area contributed by atoms with E-state index >= 15 is 0 Å². The van der Waals surface area contributed by atoms with Crippen LogP contribution in [0.15, 0.2) is 35.1 Å². The summed E-state index contributed by atoms with van der Waals surface area (Å²) in [5, 5.41) is 0.515. The van der Waals surface area contributed by atoms with Crippen molar-refractivity contribution in [3.8, 4) is 0 Å². The molecule has 3 aromatic rings. The molecule has 0 saturated carbocycles. The van der Waals surface area contributed by atoms with Gasteiger partial charge in [0.2, 0.25) is 0 Å². The Kier molecular flexibility index (Phi) is 5.08. The number of carbonyl (C=O) groups is 1. The molecule has 0 radical (unpaired) electrons. The van der Waals surface area contributed by atoms with Crippen molar-refractivity contribution in [2.45, 2.75) is 57.0 Å². The van der Waals surface area contributed by atoms with Crippen LogP contribution in [0.25, 0.3) is 10.3 Å². The van der Waals surface area contributed by atoms with Gasteiger partial charge in [-0.3, -0.25) is 14.2 Å². The Morgan fingerprint density at radius 1 is 1.16 bits per heavy atom. The lowest BCUT2D eigenvalue weighted by atomic mass is 10.0. The van der Waals surface area contributed by atoms with Gasteiger partial charge in [-0.15, -0.1) is 0 Å². The Bertz CT molecular complexity index is 1190. The summed E-state index contributed by atoms with van der Waals surface area (Å²) in [4.78, 5) is 36.5. The van der Waals surface area contributed by atoms with E-state index in [0.29, 0.717) is 24.5 Å². The van der Waals surface area contributed by atoms with Crippen molar-refractivity contribution >= 4 is 32.6 Å². The molecule has 1 aromatic carbocycles. The first-order valence-electron chi connectivity index (χ1n) is 10.6. The Labute approximate surface area is 181 Å². The molecular weight excluding hydrogens is 422 g/mol. The Morgan fingerprint density at radius 2 is 1.97 bits per heavy atom. The van der Waals surface area contributed by atoms with Crippen LogP contribution in [0, 0.1) is 0 Å². The van der Waals surface area contributed by atoms with Crippen LogP contribution in [0.3, 0.4) is 0 Å². The minimum absolute atomic E-state index is 0.115. The van der Waals surface area contributed by atoms with Gasteiger partial charge >= 0.3 is 5.92 Å². The fourth-order valence-electron chi connectivity index (χ4n) is 4.49. The summed E-state index contributed by atoms with van der Waals surface area (Å²) >= 11 is 1.12. The molecular formula is C22H22F2N4O2S. The van der Waals surface area contributed by atoms with Crippen LogP contribution in [-0.2, 0) is 23.7 Å². The first kappa shape index (κ1) is 20.2. The van der Waals surface area contributed by atoms with Gasteiger partial charge in [0.05, 0.1) is 6.04 Å². The summed E-state index contributed by atoms with van der Waals surface area (Å²) in [5.41, 5.74) is 0.709. The normalized spacial score (nSPS) is 20.2. The molecule has 31 heavy (non-hydrogen) atoms. The molecule has 0 unspecified atom stereocenters. The van der Waals surface area contributed by atoms with Crippen LogP contribution in [0.2, 0.25) is 0 Å². The van der Waals surface area contributed by atoms with Crippen LogP contribution >= 0.6 is 11.3 Å². The van der Waals surface area contributed by atoms with Gasteiger partial charge < -0.3 is 4.90 Å². The predicted octanol–water partition coefficient (Wildman–Crippen LogP) is 3.91. The standard InChI is InChI=1S/C22H22F2N4O2S/c23-22(24)11-5-13-28-19(30)17-18(26-20(22)28)31-21(25-17)27-12-4-8-15(27)16(29)10-9-14-6-2-1-3-7-14/h1-3,6-7,15H,4-5,8-13H2/t15-/m1/s1. The minimum atomic E-state index is -3.11. The van der Waals surface area contributed by atoms with Crippen molar-refractivity contribution in [3.63, 3.8) is 0 Å². The van der Waals surface area contributed by atoms with E-state index in [9.17, 15) is 18.4 Å². The summed E-state index contributed by atoms with van der Waals surface area (Å²) < 4.78 is 29.7. The third kappa shape index (κ3) is 3.64. The van der Waals surface area contributed by atoms with Crippen LogP contribution in [-0.4, -0.2) is 32.9 Å². The number of thiazole rings is 1. The van der Waals surface area contributed by atoms with E-state index in [4.69, 9.17) is 0 Å². The number of fused-ring (bicyclic) bond motifs is 2. The lowest BCUT2D eigenvalue weighted by Gasteiger charge is -2.24. The van der Waals surface area contributed by atoms with Gasteiger partial charge in [0.15, 0.2) is 27.1 Å². The maximum atomic E-state index is 14.3. The fraction of sp³-hybridized carbons (Fsp3) is 0.455. The van der Waals surface area contributed by atoms with Crippen molar-refractivity contribution in [2.24, 2.45) is 0 Å². The largest absolute Gasteiger partial charge is 0.338 e. The molecule has 2 aliphatic heterocycles. The van der Waals surface area contributed by atoms with E-state index in [1.165, 1.54) is 0 Å². The van der Waals surface area contributed by atoms with Gasteiger partial charge in [-0.05, 0) is 31.2 Å². The summed E-state index contributed by atoms with van der Waals surface area (Å²) in [6.07, 6.45) is 2.60. The minimum Gasteiger partial charge on any atom is -0.338 e. The van der Waals surface area contributed by atoms with E-state index in [-0.39, 0.29) is 41.6 Å². The molecule has 1 fully saturated rings. The SMILES string of the molecule is O=C(CCc1ccccc1)[C@H]1CCCN1c1nc2c(=O)n3c(nc2s1)C(F)(F)CCC3. The third-order valence-corrected chi connectivity index (χ3v) is 7.07. The number of nitrogens with zero attached hydrogens (tertiary/aromatic N) is 4. The zero-order chi connectivity index (χ0) is 21.6. The molecule has 0 spiro atoms. The molecule has 2 aliphatic rings. The number of alkyl halides is 2. The lowest BCUT2D eigenvalue weighted by molar-refractivity contribution is -0.120. The highest BCUT2D eigenvalue weighted by Gasteiger charge is 2.40. The van der Waals surface area contributed by atoms with Gasteiger partial charge in [0.25, 0.3) is 5.56 Å². The first-order valence-corrected chi connectivity index (χ1v) is 11.4. The number of anilines is 1. The number of hydrogen-bond donors (Lipinski definition) is 0. The van der Waals surface area contributed by atoms with E-state index < -0.39 is 17.3 Å². The number of halogens is 2. The zero-order valence-electron chi connectivity index (χ0n) is 16.9. The molecule has 6 nitrogen and oxygen atoms in total. The number of aryl methyl sites for hydroxylation is 1. The molecule has 1 atom stereocenters. The third-order valence-electron chi connectivity index (χ3n) is 6.08. The Morgan fingerprint density at radius 3 is 2.77 bits per heavy atom. The Hall–Kier alpha value is -2.68. The van der Waals surface area contributed by atoms with Crippen molar-refractivity contribution in [3.05, 3.63) is 52.1 Å². The topological polar surface area (TPSA) is 68.1 Å². The number of rotatable bonds is 5. The van der Waals surface area contributed by atoms with Crippen LogP contribution < -0.4 is 10.5 Å². The quantitative estimate of drug-likeness (QED) is 0.597. The molecule has 2 aromatic heterocycles. The van der Waals surface area contributed by atoms with Crippen LogP contribution in [0.4, 0.5) is 13.9 Å². The number of benzene rings is 1. The van der Waals surface area contributed by atoms with Crippen molar-refractivity contribution < 1.29 is 13.6 Å². The lowest BCUT2D eigenvalue weighted by Crippen LogP contribution is -2.36. The van der Waals surface area contributed by atoms with Gasteiger partial charge in [-0.25, -0.2) is 9.97 Å². The summed E-state index contributed by atoms with van der Waals surface area (Å²) in [6, 6.07) is 9.56. The Balaban J connectivity index is 1.42. The average Bonchev–Trinajstić information content (AvgIpc) is 3.41. The second-order valence-corrected chi connectivity index (χ2v) is 9.11. The molecule has 9 heteroatoms. The number of carbonyl (C=O) groups excluding carboxylic acids is 1. The highest BCUT2D eigenvalue weighted by atomic mass is 32.1. The summed E-state index contributed by atoms with van der Waals surface area (Å²) in [6.45, 7) is 0.878. The zero-order valence-corrected chi connectivity index (χ0v) is 17.7. The highest BCUT2D eigenvalue weighted by Crippen LogP contribution is 2.37. The smallest absolute Gasteiger partial charge is 0.305 e. The van der Waals surface area contributed by atoms with E-state index in [0.717, 1.165) is 34.3 Å². The average molecular weight is 445 g/mol. The second kappa shape index (κ2) is 7.78. The molecule has 0 aliphatic carbocycles. The van der Waals surface area contributed by atoms with Crippen LogP contribution in [0.1, 0.15) is 43.5 Å². The fourth-order valence-corrected chi connectivity index (χ4v) is 5.49. The highest BCUT2D eigenvalue weighted by molar-refractivity contribution is 7.21. The molecule has 1 saturated heterocycles. The molecule has 0 bridgehead atoms. The van der Waals surface area contributed by atoms with Crippen molar-refractivity contribution in [1.29, 1.82) is 0 Å². The van der Waals surface area contributed by atoms with Gasteiger partial charge in [-0.1, -0.05) is 41.7 Å². The molecule has 5 rings (SSSR count). The van der Waals surface area contributed by atoms with Crippen LogP contribution in [0.5, 0.6) is 0 Å². The number of hydrogen-bond acceptors (Lipinski definition) is 6. The molecule has 162 valence electrons. The monoisotopic (exact) mass is 444 g/mol. The first-order chi connectivity index (χ1) is 14.9. The number of ketones is 1. The van der Waals surface area contributed by atoms with E-state index in [2.05, 4.69) is 9.97 Å². The van der Waals surface area contributed by atoms with Crippen molar-refractivity contribution in [2.75, 3.05) is 11.4 Å². The van der Waals surface area contributed by atoms with Crippen molar-refractivity contribution in [1.82, 2.24) is 14.5 Å². The maximum Gasteiger partial charge on any atom is 0.305 e. The van der Waals surface area contributed by atoms with Gasteiger partial charge in [0, 0.05) is 25.9 Å². The molecule has 4 heterocycles. The van der Waals surface area contributed by atoms with E-state index in [1.54, 1.807) is 0 Å².